The lowest BCUT2D eigenvalue weighted by atomic mass is 10.1. The van der Waals surface area contributed by atoms with Gasteiger partial charge in [-0.25, -0.2) is 4.98 Å². The molecule has 170 valence electrons. The minimum absolute atomic E-state index is 0. The van der Waals surface area contributed by atoms with Crippen LogP contribution in [0.2, 0.25) is 0 Å². The van der Waals surface area contributed by atoms with Crippen molar-refractivity contribution in [2.75, 3.05) is 38.1 Å². The van der Waals surface area contributed by atoms with Crippen molar-refractivity contribution >= 4 is 35.8 Å². The largest absolute Gasteiger partial charge is 0.357 e. The van der Waals surface area contributed by atoms with Gasteiger partial charge in [-0.1, -0.05) is 36.4 Å². The summed E-state index contributed by atoms with van der Waals surface area (Å²) in [6, 6.07) is 17.5. The summed E-state index contributed by atoms with van der Waals surface area (Å²) in [5.74, 6) is 2.00. The van der Waals surface area contributed by atoms with Crippen LogP contribution in [-0.4, -0.2) is 61.2 Å². The Kier molecular flexibility index (Phi) is 11.1. The lowest BCUT2D eigenvalue weighted by Crippen LogP contribution is -2.49. The van der Waals surface area contributed by atoms with Crippen molar-refractivity contribution in [2.45, 2.75) is 45.3 Å². The quantitative estimate of drug-likeness (QED) is 0.306. The Morgan fingerprint density at radius 1 is 1.16 bits per heavy atom. The number of hydrogen-bond donors (Lipinski definition) is 2. The molecule has 0 spiro atoms. The van der Waals surface area contributed by atoms with E-state index in [0.29, 0.717) is 12.1 Å². The van der Waals surface area contributed by atoms with Crippen LogP contribution in [0.25, 0.3) is 0 Å². The second kappa shape index (κ2) is 13.5. The number of aromatic nitrogens is 1. The van der Waals surface area contributed by atoms with Crippen LogP contribution >= 0.6 is 24.0 Å². The normalized spacial score (nSPS) is 16.0. The molecule has 1 aromatic heterocycles. The van der Waals surface area contributed by atoms with E-state index >= 15 is 0 Å². The third kappa shape index (κ3) is 8.29. The highest BCUT2D eigenvalue weighted by molar-refractivity contribution is 14.0. The van der Waals surface area contributed by atoms with Crippen molar-refractivity contribution in [3.05, 3.63) is 60.3 Å². The van der Waals surface area contributed by atoms with Gasteiger partial charge in [0.1, 0.15) is 5.82 Å². The van der Waals surface area contributed by atoms with Gasteiger partial charge in [0.15, 0.2) is 5.96 Å². The van der Waals surface area contributed by atoms with Crippen molar-refractivity contribution in [3.8, 4) is 0 Å². The molecule has 0 amide bonds. The zero-order valence-corrected chi connectivity index (χ0v) is 21.3. The molecular formula is C24H37IN6. The van der Waals surface area contributed by atoms with Crippen LogP contribution in [0.3, 0.4) is 0 Å². The van der Waals surface area contributed by atoms with Crippen LogP contribution in [0.5, 0.6) is 0 Å². The van der Waals surface area contributed by atoms with Gasteiger partial charge < -0.3 is 15.5 Å². The smallest absolute Gasteiger partial charge is 0.191 e. The fourth-order valence-electron chi connectivity index (χ4n) is 3.70. The number of benzene rings is 1. The second-order valence-corrected chi connectivity index (χ2v) is 8.06. The van der Waals surface area contributed by atoms with E-state index in [1.807, 2.05) is 12.3 Å². The zero-order valence-electron chi connectivity index (χ0n) is 19.0. The SMILES string of the molecule is CCNC(=NCC(C)N(C)Cc1ccccc1)NC1CCN(c2ccccn2)CC1.I. The number of likely N-dealkylation sites (N-methyl/N-ethyl adjacent to an activating group) is 1. The molecule has 7 heteroatoms. The molecule has 0 radical (unpaired) electrons. The van der Waals surface area contributed by atoms with Crippen LogP contribution in [0.4, 0.5) is 5.82 Å². The van der Waals surface area contributed by atoms with Crippen molar-refractivity contribution in [1.29, 1.82) is 0 Å². The van der Waals surface area contributed by atoms with Gasteiger partial charge in [-0.15, -0.1) is 24.0 Å². The van der Waals surface area contributed by atoms with Crippen LogP contribution in [-0.2, 0) is 6.54 Å². The van der Waals surface area contributed by atoms with Gasteiger partial charge in [-0.2, -0.15) is 0 Å². The summed E-state index contributed by atoms with van der Waals surface area (Å²) in [4.78, 5) is 14.1. The van der Waals surface area contributed by atoms with E-state index in [4.69, 9.17) is 4.99 Å². The molecule has 1 unspecified atom stereocenters. The minimum Gasteiger partial charge on any atom is -0.357 e. The molecule has 2 heterocycles. The Labute approximate surface area is 204 Å². The summed E-state index contributed by atoms with van der Waals surface area (Å²) in [6.07, 6.45) is 4.04. The van der Waals surface area contributed by atoms with E-state index in [0.717, 1.165) is 57.3 Å². The molecule has 0 saturated carbocycles. The number of guanidine groups is 1. The van der Waals surface area contributed by atoms with Gasteiger partial charge >= 0.3 is 0 Å². The van der Waals surface area contributed by atoms with Gasteiger partial charge in [-0.3, -0.25) is 9.89 Å². The number of aliphatic imine (C=N–C) groups is 1. The van der Waals surface area contributed by atoms with E-state index in [-0.39, 0.29) is 24.0 Å². The topological polar surface area (TPSA) is 55.8 Å². The molecule has 1 aliphatic rings. The maximum absolute atomic E-state index is 4.87. The molecule has 1 saturated heterocycles. The van der Waals surface area contributed by atoms with Crippen LogP contribution in [0, 0.1) is 0 Å². The molecule has 1 aliphatic heterocycles. The first-order chi connectivity index (χ1) is 14.7. The predicted molar refractivity (Wildman–Crippen MR) is 141 cm³/mol. The van der Waals surface area contributed by atoms with E-state index < -0.39 is 0 Å². The second-order valence-electron chi connectivity index (χ2n) is 8.06. The summed E-state index contributed by atoms with van der Waals surface area (Å²) in [5, 5.41) is 7.06. The molecule has 0 bridgehead atoms. The van der Waals surface area contributed by atoms with E-state index in [2.05, 4.69) is 88.8 Å². The van der Waals surface area contributed by atoms with Crippen LogP contribution < -0.4 is 15.5 Å². The highest BCUT2D eigenvalue weighted by atomic mass is 127. The fraction of sp³-hybridized carbons (Fsp3) is 0.500. The van der Waals surface area contributed by atoms with Crippen LogP contribution in [0.15, 0.2) is 59.7 Å². The highest BCUT2D eigenvalue weighted by Gasteiger charge is 2.21. The van der Waals surface area contributed by atoms with Crippen molar-refractivity contribution in [2.24, 2.45) is 4.99 Å². The van der Waals surface area contributed by atoms with E-state index in [1.165, 1.54) is 5.56 Å². The van der Waals surface area contributed by atoms with E-state index in [1.54, 1.807) is 0 Å². The average Bonchev–Trinajstić information content (AvgIpc) is 2.79. The molecule has 6 nitrogen and oxygen atoms in total. The summed E-state index contributed by atoms with van der Waals surface area (Å²) in [7, 11) is 2.17. The van der Waals surface area contributed by atoms with Crippen molar-refractivity contribution in [1.82, 2.24) is 20.5 Å². The highest BCUT2D eigenvalue weighted by Crippen LogP contribution is 2.17. The fourth-order valence-corrected chi connectivity index (χ4v) is 3.70. The summed E-state index contributed by atoms with van der Waals surface area (Å²) < 4.78 is 0. The number of halogens is 1. The first kappa shape index (κ1) is 25.4. The molecule has 2 N–H and O–H groups in total. The summed E-state index contributed by atoms with van der Waals surface area (Å²) >= 11 is 0. The molecule has 0 aliphatic carbocycles. The number of nitrogens with zero attached hydrogens (tertiary/aromatic N) is 4. The maximum Gasteiger partial charge on any atom is 0.191 e. The van der Waals surface area contributed by atoms with Crippen LogP contribution in [0.1, 0.15) is 32.3 Å². The first-order valence-electron chi connectivity index (χ1n) is 11.1. The van der Waals surface area contributed by atoms with Gasteiger partial charge in [0, 0.05) is 44.5 Å². The number of nitrogens with one attached hydrogen (secondary N) is 2. The van der Waals surface area contributed by atoms with E-state index in [9.17, 15) is 0 Å². The van der Waals surface area contributed by atoms with Gasteiger partial charge in [0.05, 0.1) is 6.54 Å². The molecule has 3 rings (SSSR count). The summed E-state index contributed by atoms with van der Waals surface area (Å²) in [5.41, 5.74) is 1.33. The Bertz CT molecular complexity index is 762. The third-order valence-electron chi connectivity index (χ3n) is 5.69. The molecule has 31 heavy (non-hydrogen) atoms. The first-order valence-corrected chi connectivity index (χ1v) is 11.1. The minimum atomic E-state index is 0. The number of rotatable bonds is 8. The zero-order chi connectivity index (χ0) is 21.2. The molecule has 1 atom stereocenters. The number of pyridine rings is 1. The van der Waals surface area contributed by atoms with Gasteiger partial charge in [0.25, 0.3) is 0 Å². The lowest BCUT2D eigenvalue weighted by Gasteiger charge is -2.34. The predicted octanol–water partition coefficient (Wildman–Crippen LogP) is 3.74. The Hall–Kier alpha value is -1.87. The number of hydrogen-bond acceptors (Lipinski definition) is 4. The lowest BCUT2D eigenvalue weighted by molar-refractivity contribution is 0.255. The maximum atomic E-state index is 4.87. The number of anilines is 1. The molecule has 1 fully saturated rings. The molecule has 1 aromatic carbocycles. The molecule has 2 aromatic rings. The summed E-state index contributed by atoms with van der Waals surface area (Å²) in [6.45, 7) is 8.97. The Balaban J connectivity index is 0.00000341. The Morgan fingerprint density at radius 2 is 1.87 bits per heavy atom. The monoisotopic (exact) mass is 536 g/mol. The average molecular weight is 537 g/mol. The standard InChI is InChI=1S/C24H36N6.HI/c1-4-25-24(27-18-20(2)29(3)19-21-10-6-5-7-11-21)28-22-13-16-30(17-14-22)23-12-8-9-15-26-23;/h5-12,15,20,22H,4,13-14,16-19H2,1-3H3,(H2,25,27,28);1H. The Morgan fingerprint density at radius 3 is 2.52 bits per heavy atom. The van der Waals surface area contributed by atoms with Gasteiger partial charge in [0.2, 0.25) is 0 Å². The molecular weight excluding hydrogens is 499 g/mol. The third-order valence-corrected chi connectivity index (χ3v) is 5.69. The van der Waals surface area contributed by atoms with Gasteiger partial charge in [-0.05, 0) is 51.4 Å². The van der Waals surface area contributed by atoms with Crippen molar-refractivity contribution < 1.29 is 0 Å². The number of piperidine rings is 1. The van der Waals surface area contributed by atoms with Crippen molar-refractivity contribution in [3.63, 3.8) is 0 Å².